The topological polar surface area (TPSA) is 35.6 Å². The monoisotopic (exact) mass is 320 g/mol. The number of amides is 2. The van der Waals surface area contributed by atoms with Crippen LogP contribution in [-0.4, -0.2) is 30.1 Å². The van der Waals surface area contributed by atoms with Gasteiger partial charge in [-0.3, -0.25) is 0 Å². The Bertz CT molecular complexity index is 750. The molecule has 2 aliphatic rings. The third-order valence-corrected chi connectivity index (χ3v) is 5.10. The summed E-state index contributed by atoms with van der Waals surface area (Å²) >= 11 is 0. The van der Waals surface area contributed by atoms with Crippen molar-refractivity contribution >= 4 is 17.4 Å². The van der Waals surface area contributed by atoms with E-state index in [0.29, 0.717) is 12.6 Å². The number of anilines is 2. The van der Waals surface area contributed by atoms with Crippen molar-refractivity contribution < 1.29 is 4.79 Å². The zero-order chi connectivity index (χ0) is 16.5. The molecule has 2 aromatic rings. The highest BCUT2D eigenvalue weighted by molar-refractivity contribution is 5.92. The van der Waals surface area contributed by atoms with Gasteiger partial charge in [-0.15, -0.1) is 0 Å². The van der Waals surface area contributed by atoms with E-state index in [-0.39, 0.29) is 6.03 Å². The number of piperidine rings is 1. The van der Waals surface area contributed by atoms with Gasteiger partial charge < -0.3 is 15.1 Å². The van der Waals surface area contributed by atoms with Crippen molar-refractivity contribution in [2.24, 2.45) is 0 Å². The van der Waals surface area contributed by atoms with Crippen LogP contribution in [0.5, 0.6) is 0 Å². The fourth-order valence-corrected chi connectivity index (χ4v) is 3.76. The van der Waals surface area contributed by atoms with Crippen molar-refractivity contribution in [1.29, 1.82) is 0 Å². The highest BCUT2D eigenvalue weighted by Crippen LogP contribution is 2.29. The first kappa shape index (κ1) is 15.1. The first-order valence-electron chi connectivity index (χ1n) is 8.54. The molecule has 123 valence electrons. The average Bonchev–Trinajstić information content (AvgIpc) is 2.62. The lowest BCUT2D eigenvalue weighted by Gasteiger charge is -2.41. The van der Waals surface area contributed by atoms with E-state index in [4.69, 9.17) is 0 Å². The molecule has 0 atom stereocenters. The van der Waals surface area contributed by atoms with Crippen LogP contribution in [-0.2, 0) is 6.54 Å². The largest absolute Gasteiger partial charge is 0.371 e. The highest BCUT2D eigenvalue weighted by Gasteiger charge is 2.31. The molecule has 0 aromatic heterocycles. The van der Waals surface area contributed by atoms with Crippen LogP contribution in [0.1, 0.15) is 24.0 Å². The van der Waals surface area contributed by atoms with Gasteiger partial charge in [0.05, 0.1) is 0 Å². The Labute approximate surface area is 143 Å². The molecular weight excluding hydrogens is 298 g/mol. The molecule has 1 fully saturated rings. The Kier molecular flexibility index (Phi) is 3.89. The van der Waals surface area contributed by atoms with E-state index < -0.39 is 0 Å². The van der Waals surface area contributed by atoms with E-state index >= 15 is 0 Å². The first-order chi connectivity index (χ1) is 11.7. The molecule has 1 N–H and O–H groups in total. The van der Waals surface area contributed by atoms with Gasteiger partial charge in [-0.25, -0.2) is 4.79 Å². The number of hydrogen-bond acceptors (Lipinski definition) is 2. The molecule has 0 spiro atoms. The van der Waals surface area contributed by atoms with E-state index in [9.17, 15) is 4.79 Å². The number of rotatable bonds is 2. The van der Waals surface area contributed by atoms with Crippen molar-refractivity contribution in [3.63, 3.8) is 0 Å². The number of urea groups is 1. The maximum Gasteiger partial charge on any atom is 0.322 e. The molecule has 24 heavy (non-hydrogen) atoms. The van der Waals surface area contributed by atoms with E-state index in [1.807, 2.05) is 29.2 Å². The molecule has 2 aliphatic heterocycles. The SMILES string of the molecule is [CH2]c1ccccc1N1CCC(N2Cc3ccccc3NC2=O)CC1. The van der Waals surface area contributed by atoms with E-state index in [1.165, 1.54) is 11.3 Å². The third-order valence-electron chi connectivity index (χ3n) is 5.10. The molecule has 1 radical (unpaired) electrons. The second kappa shape index (κ2) is 6.19. The molecule has 2 amide bonds. The standard InChI is InChI=1S/C20H22N3O/c1-15-6-2-5-9-19(15)22-12-10-17(11-13-22)23-14-16-7-3-4-8-18(16)21-20(23)24/h2-9,17H,1,10-14H2,(H,21,24). The second-order valence-electron chi connectivity index (χ2n) is 6.56. The van der Waals surface area contributed by atoms with Crippen LogP contribution < -0.4 is 10.2 Å². The number of carbonyl (C=O) groups excluding carboxylic acids is 1. The smallest absolute Gasteiger partial charge is 0.322 e. The zero-order valence-corrected chi connectivity index (χ0v) is 13.7. The van der Waals surface area contributed by atoms with Crippen LogP contribution >= 0.6 is 0 Å². The predicted molar refractivity (Wildman–Crippen MR) is 97.1 cm³/mol. The van der Waals surface area contributed by atoms with Gasteiger partial charge in [0.1, 0.15) is 0 Å². The van der Waals surface area contributed by atoms with Gasteiger partial charge in [0.2, 0.25) is 0 Å². The number of para-hydroxylation sites is 2. The number of carbonyl (C=O) groups is 1. The van der Waals surface area contributed by atoms with Crippen LogP contribution in [0.2, 0.25) is 0 Å². The molecule has 0 aliphatic carbocycles. The van der Waals surface area contributed by atoms with Crippen LogP contribution in [0.15, 0.2) is 48.5 Å². The van der Waals surface area contributed by atoms with E-state index in [0.717, 1.165) is 37.2 Å². The minimum atomic E-state index is 0.0321. The molecule has 4 nitrogen and oxygen atoms in total. The van der Waals surface area contributed by atoms with Gasteiger partial charge in [-0.05, 0) is 43.0 Å². The minimum absolute atomic E-state index is 0.0321. The maximum atomic E-state index is 12.5. The zero-order valence-electron chi connectivity index (χ0n) is 13.7. The van der Waals surface area contributed by atoms with Gasteiger partial charge in [0, 0.05) is 37.1 Å². The van der Waals surface area contributed by atoms with Crippen molar-refractivity contribution in [3.05, 3.63) is 66.6 Å². The lowest BCUT2D eigenvalue weighted by molar-refractivity contribution is 0.167. The third kappa shape index (κ3) is 2.73. The number of benzene rings is 2. The van der Waals surface area contributed by atoms with Crippen molar-refractivity contribution in [3.8, 4) is 0 Å². The summed E-state index contributed by atoms with van der Waals surface area (Å²) < 4.78 is 0. The number of nitrogens with one attached hydrogen (secondary N) is 1. The van der Waals surface area contributed by atoms with Gasteiger partial charge in [0.15, 0.2) is 0 Å². The summed E-state index contributed by atoms with van der Waals surface area (Å²) in [7, 11) is 0. The predicted octanol–water partition coefficient (Wildman–Crippen LogP) is 3.89. The molecule has 2 aromatic carbocycles. The van der Waals surface area contributed by atoms with Gasteiger partial charge >= 0.3 is 6.03 Å². The number of nitrogens with zero attached hydrogens (tertiary/aromatic N) is 2. The average molecular weight is 320 g/mol. The van der Waals surface area contributed by atoms with Crippen molar-refractivity contribution in [2.75, 3.05) is 23.3 Å². The van der Waals surface area contributed by atoms with E-state index in [1.54, 1.807) is 0 Å². The first-order valence-corrected chi connectivity index (χ1v) is 8.54. The van der Waals surface area contributed by atoms with Crippen LogP contribution in [0, 0.1) is 6.92 Å². The molecule has 1 saturated heterocycles. The summed E-state index contributed by atoms with van der Waals surface area (Å²) in [5, 5.41) is 3.02. The van der Waals surface area contributed by atoms with Gasteiger partial charge in [-0.1, -0.05) is 36.4 Å². The summed E-state index contributed by atoms with van der Waals surface area (Å²) in [5.74, 6) is 0. The number of hydrogen-bond donors (Lipinski definition) is 1. The maximum absolute atomic E-state index is 12.5. The van der Waals surface area contributed by atoms with Crippen molar-refractivity contribution in [1.82, 2.24) is 4.90 Å². The normalized spacial score (nSPS) is 18.3. The molecule has 0 bridgehead atoms. The summed E-state index contributed by atoms with van der Waals surface area (Å²) in [6.07, 6.45) is 1.98. The van der Waals surface area contributed by atoms with Crippen LogP contribution in [0.3, 0.4) is 0 Å². The Morgan fingerprint density at radius 1 is 1.00 bits per heavy atom. The quantitative estimate of drug-likeness (QED) is 0.911. The van der Waals surface area contributed by atoms with Crippen molar-refractivity contribution in [2.45, 2.75) is 25.4 Å². The van der Waals surface area contributed by atoms with E-state index in [2.05, 4.69) is 41.4 Å². The molecule has 2 heterocycles. The summed E-state index contributed by atoms with van der Waals surface area (Å²) in [5.41, 5.74) is 4.43. The fourth-order valence-electron chi connectivity index (χ4n) is 3.76. The Hall–Kier alpha value is -2.49. The Morgan fingerprint density at radius 3 is 2.50 bits per heavy atom. The van der Waals surface area contributed by atoms with Crippen LogP contribution in [0.4, 0.5) is 16.2 Å². The fraction of sp³-hybridized carbons (Fsp3) is 0.300. The highest BCUT2D eigenvalue weighted by atomic mass is 16.2. The molecule has 0 saturated carbocycles. The second-order valence-corrected chi connectivity index (χ2v) is 6.56. The van der Waals surface area contributed by atoms with Crippen LogP contribution in [0.25, 0.3) is 0 Å². The molecule has 4 heteroatoms. The molecule has 0 unspecified atom stereocenters. The Morgan fingerprint density at radius 2 is 1.71 bits per heavy atom. The van der Waals surface area contributed by atoms with Gasteiger partial charge in [-0.2, -0.15) is 0 Å². The minimum Gasteiger partial charge on any atom is -0.371 e. The Balaban J connectivity index is 1.45. The molecular formula is C20H22N3O. The number of fused-ring (bicyclic) bond motifs is 1. The summed E-state index contributed by atoms with van der Waals surface area (Å²) in [6, 6.07) is 16.7. The summed E-state index contributed by atoms with van der Waals surface area (Å²) in [6.45, 7) is 6.75. The lowest BCUT2D eigenvalue weighted by Crippen LogP contribution is -2.50. The lowest BCUT2D eigenvalue weighted by atomic mass is 10.00. The summed E-state index contributed by atoms with van der Waals surface area (Å²) in [4.78, 5) is 16.8. The van der Waals surface area contributed by atoms with Gasteiger partial charge in [0.25, 0.3) is 0 Å². The molecule has 4 rings (SSSR count).